The van der Waals surface area contributed by atoms with Gasteiger partial charge in [0.1, 0.15) is 0 Å². The lowest BCUT2D eigenvalue weighted by Gasteiger charge is -2.12. The van der Waals surface area contributed by atoms with Crippen LogP contribution in [0.3, 0.4) is 0 Å². The fourth-order valence-corrected chi connectivity index (χ4v) is 2.77. The van der Waals surface area contributed by atoms with Gasteiger partial charge in [-0.3, -0.25) is 9.36 Å². The van der Waals surface area contributed by atoms with Crippen molar-refractivity contribution in [2.45, 2.75) is 25.4 Å². The van der Waals surface area contributed by atoms with Crippen LogP contribution in [0.15, 0.2) is 33.8 Å². The molecule has 0 radical (unpaired) electrons. The number of benzene rings is 1. The second-order valence-electron chi connectivity index (χ2n) is 4.66. The average Bonchev–Trinajstić information content (AvgIpc) is 2.86. The van der Waals surface area contributed by atoms with Crippen LogP contribution in [-0.2, 0) is 6.54 Å². The van der Waals surface area contributed by atoms with Gasteiger partial charge in [0.15, 0.2) is 0 Å². The summed E-state index contributed by atoms with van der Waals surface area (Å²) in [4.78, 5) is 16.7. The predicted molar refractivity (Wildman–Crippen MR) is 74.7 cm³/mol. The Morgan fingerprint density at radius 2 is 2.39 bits per heavy atom. The molecule has 1 N–H and O–H groups in total. The van der Waals surface area contributed by atoms with E-state index in [9.17, 15) is 4.79 Å². The van der Waals surface area contributed by atoms with Gasteiger partial charge in [0, 0.05) is 17.1 Å². The molecule has 0 aliphatic carbocycles. The molecule has 1 aliphatic heterocycles. The average molecular weight is 308 g/mol. The number of fused-ring (bicyclic) bond motifs is 1. The van der Waals surface area contributed by atoms with Gasteiger partial charge in [-0.05, 0) is 37.6 Å². The predicted octanol–water partition coefficient (Wildman–Crippen LogP) is 1.91. The van der Waals surface area contributed by atoms with Gasteiger partial charge < -0.3 is 5.32 Å². The minimum Gasteiger partial charge on any atom is -0.312 e. The lowest BCUT2D eigenvalue weighted by atomic mass is 10.2. The van der Waals surface area contributed by atoms with Gasteiger partial charge in [0.25, 0.3) is 5.56 Å². The lowest BCUT2D eigenvalue weighted by Crippen LogP contribution is -2.32. The number of hydrogen-bond donors (Lipinski definition) is 1. The van der Waals surface area contributed by atoms with Crippen molar-refractivity contribution in [1.82, 2.24) is 14.9 Å². The second kappa shape index (κ2) is 4.82. The maximum absolute atomic E-state index is 12.3. The highest BCUT2D eigenvalue weighted by Gasteiger charge is 2.15. The molecule has 0 unspecified atom stereocenters. The fraction of sp³-hybridized carbons (Fsp3) is 0.385. The topological polar surface area (TPSA) is 46.9 Å². The van der Waals surface area contributed by atoms with Gasteiger partial charge >= 0.3 is 0 Å². The van der Waals surface area contributed by atoms with E-state index in [1.54, 1.807) is 10.9 Å². The highest BCUT2D eigenvalue weighted by molar-refractivity contribution is 9.10. The minimum atomic E-state index is 0.0370. The standard InChI is InChI=1S/C13H14BrN3O/c14-9-3-4-12-11(6-9)13(18)17(8-16-12)7-10-2-1-5-15-10/h3-4,6,8,10,15H,1-2,5,7H2/t10-/m0/s1. The maximum Gasteiger partial charge on any atom is 0.261 e. The molecule has 3 rings (SSSR count). The van der Waals surface area contributed by atoms with E-state index in [-0.39, 0.29) is 5.56 Å². The first-order valence-corrected chi connectivity index (χ1v) is 6.91. The van der Waals surface area contributed by atoms with Gasteiger partial charge in [-0.15, -0.1) is 0 Å². The van der Waals surface area contributed by atoms with Crippen LogP contribution in [0.4, 0.5) is 0 Å². The van der Waals surface area contributed by atoms with Crippen LogP contribution in [0.5, 0.6) is 0 Å². The summed E-state index contributed by atoms with van der Waals surface area (Å²) in [5.74, 6) is 0. The Labute approximate surface area is 113 Å². The number of aromatic nitrogens is 2. The Bertz CT molecular complexity index is 632. The number of hydrogen-bond acceptors (Lipinski definition) is 3. The molecule has 4 nitrogen and oxygen atoms in total. The number of nitrogens with zero attached hydrogens (tertiary/aromatic N) is 2. The van der Waals surface area contributed by atoms with E-state index in [2.05, 4.69) is 26.2 Å². The molecule has 18 heavy (non-hydrogen) atoms. The first-order chi connectivity index (χ1) is 8.74. The highest BCUT2D eigenvalue weighted by atomic mass is 79.9. The van der Waals surface area contributed by atoms with Crippen molar-refractivity contribution in [2.75, 3.05) is 6.54 Å². The van der Waals surface area contributed by atoms with Crippen LogP contribution < -0.4 is 10.9 Å². The number of nitrogens with one attached hydrogen (secondary N) is 1. The van der Waals surface area contributed by atoms with E-state index in [4.69, 9.17) is 0 Å². The van der Waals surface area contributed by atoms with Crippen LogP contribution in [0.1, 0.15) is 12.8 Å². The highest BCUT2D eigenvalue weighted by Crippen LogP contribution is 2.15. The van der Waals surface area contributed by atoms with E-state index < -0.39 is 0 Å². The van der Waals surface area contributed by atoms with Crippen molar-refractivity contribution in [3.63, 3.8) is 0 Å². The summed E-state index contributed by atoms with van der Waals surface area (Å²) < 4.78 is 2.61. The van der Waals surface area contributed by atoms with Crippen molar-refractivity contribution in [2.24, 2.45) is 0 Å². The molecule has 5 heteroatoms. The van der Waals surface area contributed by atoms with E-state index in [0.29, 0.717) is 18.0 Å². The molecule has 2 heterocycles. The minimum absolute atomic E-state index is 0.0370. The Morgan fingerprint density at radius 3 is 3.17 bits per heavy atom. The van der Waals surface area contributed by atoms with Gasteiger partial charge in [-0.2, -0.15) is 0 Å². The van der Waals surface area contributed by atoms with Crippen LogP contribution in [0.2, 0.25) is 0 Å². The summed E-state index contributed by atoms with van der Waals surface area (Å²) >= 11 is 3.39. The molecule has 1 fully saturated rings. The first-order valence-electron chi connectivity index (χ1n) is 6.12. The quantitative estimate of drug-likeness (QED) is 0.922. The third-order valence-electron chi connectivity index (χ3n) is 3.37. The molecule has 0 amide bonds. The Balaban J connectivity index is 2.02. The van der Waals surface area contributed by atoms with Crippen molar-refractivity contribution in [3.8, 4) is 0 Å². The lowest BCUT2D eigenvalue weighted by molar-refractivity contribution is 0.497. The number of halogens is 1. The summed E-state index contributed by atoms with van der Waals surface area (Å²) in [6, 6.07) is 5.99. The van der Waals surface area contributed by atoms with Crippen molar-refractivity contribution < 1.29 is 0 Å². The summed E-state index contributed by atoms with van der Waals surface area (Å²) in [7, 11) is 0. The summed E-state index contributed by atoms with van der Waals surface area (Å²) in [5.41, 5.74) is 0.786. The van der Waals surface area contributed by atoms with Crippen LogP contribution >= 0.6 is 15.9 Å². The Morgan fingerprint density at radius 1 is 1.50 bits per heavy atom. The maximum atomic E-state index is 12.3. The molecule has 2 aromatic rings. The molecule has 1 aromatic heterocycles. The molecule has 1 atom stereocenters. The molecule has 1 aliphatic rings. The molecule has 0 saturated carbocycles. The third kappa shape index (κ3) is 2.20. The molecule has 1 saturated heterocycles. The van der Waals surface area contributed by atoms with Crippen LogP contribution in [0, 0.1) is 0 Å². The van der Waals surface area contributed by atoms with E-state index in [0.717, 1.165) is 23.0 Å². The zero-order chi connectivity index (χ0) is 12.5. The third-order valence-corrected chi connectivity index (χ3v) is 3.86. The fourth-order valence-electron chi connectivity index (χ4n) is 2.41. The molecule has 0 bridgehead atoms. The van der Waals surface area contributed by atoms with E-state index >= 15 is 0 Å². The summed E-state index contributed by atoms with van der Waals surface area (Å²) in [6.45, 7) is 1.75. The molecule has 94 valence electrons. The van der Waals surface area contributed by atoms with Gasteiger partial charge in [0.05, 0.1) is 17.2 Å². The van der Waals surface area contributed by atoms with Crippen molar-refractivity contribution in [3.05, 3.63) is 39.4 Å². The van der Waals surface area contributed by atoms with Crippen LogP contribution in [-0.4, -0.2) is 22.1 Å². The van der Waals surface area contributed by atoms with Crippen LogP contribution in [0.25, 0.3) is 10.9 Å². The second-order valence-corrected chi connectivity index (χ2v) is 5.57. The SMILES string of the molecule is O=c1c2cc(Br)ccc2ncn1C[C@@H]1CCCN1. The molecule has 1 aromatic carbocycles. The monoisotopic (exact) mass is 307 g/mol. The summed E-state index contributed by atoms with van der Waals surface area (Å²) in [5, 5.41) is 4.07. The largest absolute Gasteiger partial charge is 0.312 e. The Hall–Kier alpha value is -1.20. The number of rotatable bonds is 2. The van der Waals surface area contributed by atoms with Crippen molar-refractivity contribution in [1.29, 1.82) is 0 Å². The normalized spacial score (nSPS) is 19.5. The van der Waals surface area contributed by atoms with E-state index in [1.165, 1.54) is 6.42 Å². The van der Waals surface area contributed by atoms with Crippen molar-refractivity contribution >= 4 is 26.8 Å². The molecule has 0 spiro atoms. The van der Waals surface area contributed by atoms with Gasteiger partial charge in [0.2, 0.25) is 0 Å². The van der Waals surface area contributed by atoms with Gasteiger partial charge in [-0.25, -0.2) is 4.98 Å². The smallest absolute Gasteiger partial charge is 0.261 e. The first kappa shape index (κ1) is 11.9. The zero-order valence-corrected chi connectivity index (χ0v) is 11.5. The summed E-state index contributed by atoms with van der Waals surface area (Å²) in [6.07, 6.45) is 3.97. The Kier molecular flexibility index (Phi) is 3.18. The van der Waals surface area contributed by atoms with Gasteiger partial charge in [-0.1, -0.05) is 15.9 Å². The molecular formula is C13H14BrN3O. The zero-order valence-electron chi connectivity index (χ0n) is 9.90. The van der Waals surface area contributed by atoms with E-state index in [1.807, 2.05) is 18.2 Å². The molecular weight excluding hydrogens is 294 g/mol.